The van der Waals surface area contributed by atoms with Crippen LogP contribution in [-0.2, 0) is 4.79 Å². The largest absolute Gasteiger partial charge is 0.494 e. The van der Waals surface area contributed by atoms with Crippen molar-refractivity contribution in [3.63, 3.8) is 0 Å². The van der Waals surface area contributed by atoms with Crippen molar-refractivity contribution >= 4 is 11.7 Å². The fraction of sp³-hybridized carbons (Fsp3) is 0.286. The molecule has 0 aliphatic heterocycles. The third-order valence-electron chi connectivity index (χ3n) is 4.10. The summed E-state index contributed by atoms with van der Waals surface area (Å²) in [5.41, 5.74) is 1.08. The van der Waals surface area contributed by atoms with E-state index in [-0.39, 0.29) is 11.6 Å². The predicted molar refractivity (Wildman–Crippen MR) is 105 cm³/mol. The van der Waals surface area contributed by atoms with Crippen LogP contribution < -0.4 is 14.8 Å². The van der Waals surface area contributed by atoms with E-state index in [1.807, 2.05) is 6.92 Å². The molecular weight excluding hydrogens is 377 g/mol. The van der Waals surface area contributed by atoms with Crippen molar-refractivity contribution in [2.24, 2.45) is 0 Å². The standard InChI is InChI=1S/C21H22FN3O4/c1-3-13-27-15-11-9-14(10-12-15)19-20(25-29-24-19)23-21(26)17(4-2)28-18-8-6-5-7-16(18)22/h5-12,17H,3-4,13H2,1-2H3,(H,23,25,26)/t17-/m0/s1. The number of aromatic nitrogens is 2. The van der Waals surface area contributed by atoms with Gasteiger partial charge in [-0.25, -0.2) is 9.02 Å². The average Bonchev–Trinajstić information content (AvgIpc) is 3.20. The highest BCUT2D eigenvalue weighted by molar-refractivity contribution is 5.96. The molecule has 0 saturated carbocycles. The lowest BCUT2D eigenvalue weighted by atomic mass is 10.1. The maximum Gasteiger partial charge on any atom is 0.266 e. The summed E-state index contributed by atoms with van der Waals surface area (Å²) in [6, 6.07) is 13.1. The van der Waals surface area contributed by atoms with Crippen LogP contribution in [0.4, 0.5) is 10.2 Å². The summed E-state index contributed by atoms with van der Waals surface area (Å²) >= 11 is 0. The van der Waals surface area contributed by atoms with E-state index in [4.69, 9.17) is 14.1 Å². The van der Waals surface area contributed by atoms with E-state index < -0.39 is 17.8 Å². The molecule has 2 aromatic carbocycles. The van der Waals surface area contributed by atoms with Gasteiger partial charge in [-0.3, -0.25) is 4.79 Å². The van der Waals surface area contributed by atoms with E-state index in [0.29, 0.717) is 24.3 Å². The smallest absolute Gasteiger partial charge is 0.266 e. The first kappa shape index (κ1) is 20.3. The highest BCUT2D eigenvalue weighted by atomic mass is 19.1. The van der Waals surface area contributed by atoms with Crippen molar-refractivity contribution in [3.05, 3.63) is 54.3 Å². The van der Waals surface area contributed by atoms with E-state index in [1.165, 1.54) is 12.1 Å². The van der Waals surface area contributed by atoms with Gasteiger partial charge in [0.05, 0.1) is 6.61 Å². The zero-order chi connectivity index (χ0) is 20.6. The number of para-hydroxylation sites is 1. The third-order valence-corrected chi connectivity index (χ3v) is 4.10. The molecule has 0 bridgehead atoms. The van der Waals surface area contributed by atoms with Crippen LogP contribution >= 0.6 is 0 Å². The number of halogens is 1. The number of hydrogen-bond acceptors (Lipinski definition) is 6. The van der Waals surface area contributed by atoms with E-state index in [9.17, 15) is 9.18 Å². The first-order valence-corrected chi connectivity index (χ1v) is 9.40. The third kappa shape index (κ3) is 5.10. The van der Waals surface area contributed by atoms with Crippen LogP contribution in [0.15, 0.2) is 53.2 Å². The Morgan fingerprint density at radius 3 is 2.59 bits per heavy atom. The summed E-state index contributed by atoms with van der Waals surface area (Å²) in [6.45, 7) is 4.43. The van der Waals surface area contributed by atoms with Gasteiger partial charge in [0.25, 0.3) is 5.91 Å². The van der Waals surface area contributed by atoms with E-state index in [0.717, 1.165) is 12.2 Å². The Hall–Kier alpha value is -3.42. The molecule has 3 aromatic rings. The molecule has 29 heavy (non-hydrogen) atoms. The van der Waals surface area contributed by atoms with Crippen LogP contribution in [0.25, 0.3) is 11.3 Å². The number of rotatable bonds is 9. The van der Waals surface area contributed by atoms with Crippen LogP contribution in [0.2, 0.25) is 0 Å². The van der Waals surface area contributed by atoms with Crippen LogP contribution in [0.5, 0.6) is 11.5 Å². The number of ether oxygens (including phenoxy) is 2. The lowest BCUT2D eigenvalue weighted by molar-refractivity contribution is -0.122. The predicted octanol–water partition coefficient (Wildman–Crippen LogP) is 4.46. The molecular formula is C21H22FN3O4. The van der Waals surface area contributed by atoms with Crippen molar-refractivity contribution in [2.45, 2.75) is 32.8 Å². The first-order valence-electron chi connectivity index (χ1n) is 9.40. The molecule has 1 N–H and O–H groups in total. The number of carbonyl (C=O) groups is 1. The fourth-order valence-electron chi connectivity index (χ4n) is 2.60. The molecule has 0 radical (unpaired) electrons. The number of nitrogens with zero attached hydrogens (tertiary/aromatic N) is 2. The number of amides is 1. The van der Waals surface area contributed by atoms with Gasteiger partial charge in [-0.05, 0) is 59.6 Å². The number of benzene rings is 2. The lowest BCUT2D eigenvalue weighted by Gasteiger charge is -2.17. The second-order valence-electron chi connectivity index (χ2n) is 6.27. The molecule has 0 unspecified atom stereocenters. The summed E-state index contributed by atoms with van der Waals surface area (Å²) in [6.07, 6.45) is 0.351. The molecule has 0 saturated heterocycles. The van der Waals surface area contributed by atoms with Gasteiger partial charge in [-0.2, -0.15) is 0 Å². The SMILES string of the molecule is CCCOc1ccc(-c2nonc2NC(=O)[C@H](CC)Oc2ccccc2F)cc1. The van der Waals surface area contributed by atoms with E-state index in [2.05, 4.69) is 15.6 Å². The Labute approximate surface area is 167 Å². The molecule has 1 atom stereocenters. The van der Waals surface area contributed by atoms with E-state index >= 15 is 0 Å². The van der Waals surface area contributed by atoms with Gasteiger partial charge in [0.2, 0.25) is 5.82 Å². The fourth-order valence-corrected chi connectivity index (χ4v) is 2.60. The van der Waals surface area contributed by atoms with Crippen molar-refractivity contribution in [1.82, 2.24) is 10.3 Å². The quantitative estimate of drug-likeness (QED) is 0.572. The maximum absolute atomic E-state index is 13.8. The molecule has 0 fully saturated rings. The highest BCUT2D eigenvalue weighted by Crippen LogP contribution is 2.27. The second-order valence-corrected chi connectivity index (χ2v) is 6.27. The number of carbonyl (C=O) groups excluding carboxylic acids is 1. The minimum absolute atomic E-state index is 0.00988. The van der Waals surface area contributed by atoms with Crippen LogP contribution in [0.3, 0.4) is 0 Å². The van der Waals surface area contributed by atoms with Crippen LogP contribution in [0, 0.1) is 5.82 Å². The Balaban J connectivity index is 1.71. The molecule has 1 amide bonds. The molecule has 152 valence electrons. The molecule has 0 aliphatic rings. The summed E-state index contributed by atoms with van der Waals surface area (Å²) in [4.78, 5) is 12.6. The number of nitrogens with one attached hydrogen (secondary N) is 1. The van der Waals surface area contributed by atoms with Gasteiger partial charge in [-0.15, -0.1) is 0 Å². The second kappa shape index (κ2) is 9.68. The molecule has 0 aliphatic carbocycles. The number of hydrogen-bond donors (Lipinski definition) is 1. The summed E-state index contributed by atoms with van der Waals surface area (Å²) in [5, 5.41) is 10.3. The average molecular weight is 399 g/mol. The molecule has 3 rings (SSSR count). The Bertz CT molecular complexity index is 943. The normalized spacial score (nSPS) is 11.7. The van der Waals surface area contributed by atoms with Crippen molar-refractivity contribution < 1.29 is 23.3 Å². The topological polar surface area (TPSA) is 86.5 Å². The summed E-state index contributed by atoms with van der Waals surface area (Å²) in [5.74, 6) is -0.103. The minimum atomic E-state index is -0.902. The van der Waals surface area contributed by atoms with Gasteiger partial charge in [-0.1, -0.05) is 26.0 Å². The lowest BCUT2D eigenvalue weighted by Crippen LogP contribution is -2.32. The monoisotopic (exact) mass is 399 g/mol. The highest BCUT2D eigenvalue weighted by Gasteiger charge is 2.23. The Morgan fingerprint density at radius 2 is 1.90 bits per heavy atom. The van der Waals surface area contributed by atoms with Crippen molar-refractivity contribution in [2.75, 3.05) is 11.9 Å². The minimum Gasteiger partial charge on any atom is -0.494 e. The van der Waals surface area contributed by atoms with Gasteiger partial charge < -0.3 is 14.8 Å². The summed E-state index contributed by atoms with van der Waals surface area (Å²) in [7, 11) is 0. The first-order chi connectivity index (χ1) is 14.1. The van der Waals surface area contributed by atoms with Gasteiger partial charge >= 0.3 is 0 Å². The molecule has 8 heteroatoms. The van der Waals surface area contributed by atoms with Gasteiger partial charge in [0, 0.05) is 5.56 Å². The zero-order valence-electron chi connectivity index (χ0n) is 16.2. The van der Waals surface area contributed by atoms with Crippen LogP contribution in [0.1, 0.15) is 26.7 Å². The van der Waals surface area contributed by atoms with Gasteiger partial charge in [0.1, 0.15) is 5.75 Å². The molecule has 1 heterocycles. The van der Waals surface area contributed by atoms with Crippen LogP contribution in [-0.4, -0.2) is 28.9 Å². The van der Waals surface area contributed by atoms with E-state index in [1.54, 1.807) is 43.3 Å². The Kier molecular flexibility index (Phi) is 6.78. The molecule has 0 spiro atoms. The van der Waals surface area contributed by atoms with Gasteiger partial charge in [0.15, 0.2) is 23.4 Å². The van der Waals surface area contributed by atoms with Crippen molar-refractivity contribution in [3.8, 4) is 22.8 Å². The zero-order valence-corrected chi connectivity index (χ0v) is 16.2. The maximum atomic E-state index is 13.8. The molecule has 7 nitrogen and oxygen atoms in total. The molecule has 1 aromatic heterocycles. The Morgan fingerprint density at radius 1 is 1.14 bits per heavy atom. The summed E-state index contributed by atoms with van der Waals surface area (Å²) < 4.78 is 29.7. The number of anilines is 1. The van der Waals surface area contributed by atoms with Crippen molar-refractivity contribution in [1.29, 1.82) is 0 Å².